The first-order chi connectivity index (χ1) is 14.1. The van der Waals surface area contributed by atoms with Crippen molar-refractivity contribution in [2.24, 2.45) is 4.99 Å². The maximum Gasteiger partial charge on any atom is 0.287 e. The molecule has 2 heterocycles. The molecule has 0 spiro atoms. The Morgan fingerprint density at radius 1 is 1.23 bits per heavy atom. The van der Waals surface area contributed by atoms with Crippen LogP contribution < -0.4 is 15.4 Å². The molecule has 0 radical (unpaired) electrons. The molecular weight excluding hydrogens is 495 g/mol. The number of hydrogen-bond donors (Lipinski definition) is 2. The molecule has 164 valence electrons. The summed E-state index contributed by atoms with van der Waals surface area (Å²) in [6.45, 7) is 5.11. The van der Waals surface area contributed by atoms with Crippen molar-refractivity contribution in [3.05, 3.63) is 53.5 Å². The van der Waals surface area contributed by atoms with Gasteiger partial charge in [0.1, 0.15) is 5.75 Å². The van der Waals surface area contributed by atoms with E-state index in [0.717, 1.165) is 49.7 Å². The van der Waals surface area contributed by atoms with E-state index in [4.69, 9.17) is 9.15 Å². The van der Waals surface area contributed by atoms with Crippen LogP contribution in [0.3, 0.4) is 0 Å². The van der Waals surface area contributed by atoms with Crippen molar-refractivity contribution >= 4 is 35.8 Å². The SMILES string of the molecule is CN=C(NCCCNC(=O)c1occc1C)N1CCC(c2ccc(OC)cc2)C1.I. The number of carbonyl (C=O) groups is 1. The largest absolute Gasteiger partial charge is 0.497 e. The van der Waals surface area contributed by atoms with E-state index >= 15 is 0 Å². The van der Waals surface area contributed by atoms with Crippen LogP contribution in [-0.4, -0.2) is 57.1 Å². The summed E-state index contributed by atoms with van der Waals surface area (Å²) in [5, 5.41) is 6.29. The number of carbonyl (C=O) groups excluding carboxylic acids is 1. The average molecular weight is 526 g/mol. The summed E-state index contributed by atoms with van der Waals surface area (Å²) in [7, 11) is 3.50. The lowest BCUT2D eigenvalue weighted by atomic mass is 9.98. The Balaban J connectivity index is 0.00000320. The van der Waals surface area contributed by atoms with Crippen LogP contribution in [0.5, 0.6) is 5.75 Å². The number of methoxy groups -OCH3 is 1. The summed E-state index contributed by atoms with van der Waals surface area (Å²) >= 11 is 0. The fourth-order valence-electron chi connectivity index (χ4n) is 3.61. The molecule has 1 saturated heterocycles. The number of rotatable bonds is 7. The molecular formula is C22H31IN4O3. The van der Waals surface area contributed by atoms with Crippen LogP contribution in [0.4, 0.5) is 0 Å². The molecule has 8 heteroatoms. The third kappa shape index (κ3) is 6.13. The maximum atomic E-state index is 12.0. The molecule has 0 bridgehead atoms. The van der Waals surface area contributed by atoms with Gasteiger partial charge in [-0.2, -0.15) is 0 Å². The van der Waals surface area contributed by atoms with Gasteiger partial charge in [-0.15, -0.1) is 24.0 Å². The van der Waals surface area contributed by atoms with Crippen LogP contribution >= 0.6 is 24.0 Å². The first kappa shape index (κ1) is 24.0. The monoisotopic (exact) mass is 526 g/mol. The Labute approximate surface area is 195 Å². The summed E-state index contributed by atoms with van der Waals surface area (Å²) in [4.78, 5) is 18.7. The zero-order valence-electron chi connectivity index (χ0n) is 17.8. The lowest BCUT2D eigenvalue weighted by Gasteiger charge is -2.22. The smallest absolute Gasteiger partial charge is 0.287 e. The number of aryl methyl sites for hydroxylation is 1. The van der Waals surface area contributed by atoms with Crippen molar-refractivity contribution in [2.45, 2.75) is 25.7 Å². The second-order valence-electron chi connectivity index (χ2n) is 7.22. The quantitative estimate of drug-likeness (QED) is 0.250. The molecule has 1 aliphatic heterocycles. The van der Waals surface area contributed by atoms with Crippen LogP contribution in [-0.2, 0) is 0 Å². The van der Waals surface area contributed by atoms with Gasteiger partial charge in [-0.3, -0.25) is 9.79 Å². The van der Waals surface area contributed by atoms with E-state index in [2.05, 4.69) is 32.7 Å². The molecule has 1 unspecified atom stereocenters. The van der Waals surface area contributed by atoms with Crippen LogP contribution in [0.25, 0.3) is 0 Å². The number of benzene rings is 1. The van der Waals surface area contributed by atoms with E-state index in [1.165, 1.54) is 11.8 Å². The number of nitrogens with zero attached hydrogens (tertiary/aromatic N) is 2. The number of halogens is 1. The van der Waals surface area contributed by atoms with E-state index in [0.29, 0.717) is 18.2 Å². The molecule has 7 nitrogen and oxygen atoms in total. The molecule has 1 amide bonds. The van der Waals surface area contributed by atoms with Crippen molar-refractivity contribution in [1.29, 1.82) is 0 Å². The highest BCUT2D eigenvalue weighted by Crippen LogP contribution is 2.28. The molecule has 1 fully saturated rings. The van der Waals surface area contributed by atoms with Crippen molar-refractivity contribution in [3.63, 3.8) is 0 Å². The molecule has 0 aliphatic carbocycles. The Morgan fingerprint density at radius 2 is 1.97 bits per heavy atom. The van der Waals surface area contributed by atoms with Crippen LogP contribution in [0.15, 0.2) is 46.0 Å². The zero-order valence-corrected chi connectivity index (χ0v) is 20.1. The van der Waals surface area contributed by atoms with E-state index in [1.54, 1.807) is 13.2 Å². The first-order valence-corrected chi connectivity index (χ1v) is 10.0. The normalized spacial score (nSPS) is 16.2. The minimum Gasteiger partial charge on any atom is -0.497 e. The molecule has 1 aliphatic rings. The Hall–Kier alpha value is -2.23. The molecule has 3 rings (SSSR count). The second-order valence-corrected chi connectivity index (χ2v) is 7.22. The topological polar surface area (TPSA) is 79.1 Å². The van der Waals surface area contributed by atoms with Gasteiger partial charge in [-0.05, 0) is 43.5 Å². The number of furan rings is 1. The lowest BCUT2D eigenvalue weighted by molar-refractivity contribution is 0.0925. The molecule has 30 heavy (non-hydrogen) atoms. The Morgan fingerprint density at radius 3 is 2.60 bits per heavy atom. The van der Waals surface area contributed by atoms with Crippen molar-refractivity contribution in [2.75, 3.05) is 40.3 Å². The second kappa shape index (κ2) is 11.8. The fraction of sp³-hybridized carbons (Fsp3) is 0.455. The van der Waals surface area contributed by atoms with Crippen LogP contribution in [0.1, 0.15) is 40.4 Å². The fourth-order valence-corrected chi connectivity index (χ4v) is 3.61. The zero-order chi connectivity index (χ0) is 20.6. The summed E-state index contributed by atoms with van der Waals surface area (Å²) < 4.78 is 10.4. The number of ether oxygens (including phenoxy) is 1. The number of likely N-dealkylation sites (tertiary alicyclic amines) is 1. The number of guanidine groups is 1. The highest BCUT2D eigenvalue weighted by molar-refractivity contribution is 14.0. The number of nitrogens with one attached hydrogen (secondary N) is 2. The van der Waals surface area contributed by atoms with Gasteiger partial charge in [0.05, 0.1) is 13.4 Å². The van der Waals surface area contributed by atoms with Gasteiger partial charge in [0.2, 0.25) is 0 Å². The summed E-state index contributed by atoms with van der Waals surface area (Å²) in [6.07, 6.45) is 3.44. The molecule has 2 aromatic rings. The molecule has 2 N–H and O–H groups in total. The number of hydrogen-bond acceptors (Lipinski definition) is 4. The first-order valence-electron chi connectivity index (χ1n) is 10.0. The molecule has 1 atom stereocenters. The summed E-state index contributed by atoms with van der Waals surface area (Å²) in [5.41, 5.74) is 2.18. The molecule has 1 aromatic heterocycles. The Bertz CT molecular complexity index is 835. The van der Waals surface area contributed by atoms with E-state index in [1.807, 2.05) is 26.1 Å². The summed E-state index contributed by atoms with van der Waals surface area (Å²) in [5.74, 6) is 2.51. The minimum atomic E-state index is -0.168. The van der Waals surface area contributed by atoms with Gasteiger partial charge < -0.3 is 24.7 Å². The van der Waals surface area contributed by atoms with Crippen molar-refractivity contribution in [1.82, 2.24) is 15.5 Å². The van der Waals surface area contributed by atoms with Gasteiger partial charge >= 0.3 is 0 Å². The van der Waals surface area contributed by atoms with E-state index < -0.39 is 0 Å². The minimum absolute atomic E-state index is 0. The van der Waals surface area contributed by atoms with Gasteiger partial charge in [-0.1, -0.05) is 12.1 Å². The predicted octanol–water partition coefficient (Wildman–Crippen LogP) is 3.40. The maximum absolute atomic E-state index is 12.0. The van der Waals surface area contributed by atoms with Gasteiger partial charge in [0, 0.05) is 44.7 Å². The number of aliphatic imine (C=N–C) groups is 1. The van der Waals surface area contributed by atoms with Gasteiger partial charge in [-0.25, -0.2) is 0 Å². The van der Waals surface area contributed by atoms with E-state index in [-0.39, 0.29) is 29.9 Å². The third-order valence-electron chi connectivity index (χ3n) is 5.28. The highest BCUT2D eigenvalue weighted by atomic mass is 127. The van der Waals surface area contributed by atoms with Crippen molar-refractivity contribution < 1.29 is 13.9 Å². The van der Waals surface area contributed by atoms with Gasteiger partial charge in [0.25, 0.3) is 5.91 Å². The standard InChI is InChI=1S/C22H30N4O3.HI/c1-16-10-14-29-20(16)21(27)24-11-4-12-25-22(23-2)26-13-9-18(15-26)17-5-7-19(28-3)8-6-17;/h5-8,10,14,18H,4,9,11-13,15H2,1-3H3,(H,23,25)(H,24,27);1H. The third-order valence-corrected chi connectivity index (χ3v) is 5.28. The molecule has 0 saturated carbocycles. The van der Waals surface area contributed by atoms with E-state index in [9.17, 15) is 4.79 Å². The van der Waals surface area contributed by atoms with Gasteiger partial charge in [0.15, 0.2) is 11.7 Å². The molecule has 1 aromatic carbocycles. The van der Waals surface area contributed by atoms with Crippen LogP contribution in [0, 0.1) is 6.92 Å². The lowest BCUT2D eigenvalue weighted by Crippen LogP contribution is -2.41. The number of amides is 1. The predicted molar refractivity (Wildman–Crippen MR) is 129 cm³/mol. The average Bonchev–Trinajstić information content (AvgIpc) is 3.40. The van der Waals surface area contributed by atoms with Crippen LogP contribution in [0.2, 0.25) is 0 Å². The Kier molecular flexibility index (Phi) is 9.48. The highest BCUT2D eigenvalue weighted by Gasteiger charge is 2.26. The van der Waals surface area contributed by atoms with Crippen molar-refractivity contribution in [3.8, 4) is 5.75 Å². The summed E-state index contributed by atoms with van der Waals surface area (Å²) in [6, 6.07) is 10.1.